The van der Waals surface area contributed by atoms with E-state index in [1.54, 1.807) is 6.26 Å². The van der Waals surface area contributed by atoms with Crippen molar-refractivity contribution in [3.8, 4) is 0 Å². The average Bonchev–Trinajstić information content (AvgIpc) is 3.23. The van der Waals surface area contributed by atoms with Crippen LogP contribution in [0.5, 0.6) is 0 Å². The van der Waals surface area contributed by atoms with Crippen molar-refractivity contribution in [1.82, 2.24) is 10.2 Å². The minimum atomic E-state index is 0.193. The first-order chi connectivity index (χ1) is 11.2. The van der Waals surface area contributed by atoms with E-state index in [-0.39, 0.29) is 6.04 Å². The molecule has 1 aromatic heterocycles. The van der Waals surface area contributed by atoms with Crippen LogP contribution in [0, 0.1) is 0 Å². The molecule has 1 saturated heterocycles. The summed E-state index contributed by atoms with van der Waals surface area (Å²) in [4.78, 5) is 2.43. The molecule has 2 N–H and O–H groups in total. The average molecular weight is 350 g/mol. The molecule has 4 nitrogen and oxygen atoms in total. The number of nitrogens with one attached hydrogen (secondary N) is 2. The second-order valence-electron chi connectivity index (χ2n) is 5.59. The van der Waals surface area contributed by atoms with Crippen molar-refractivity contribution in [2.45, 2.75) is 18.9 Å². The number of halogens is 1. The summed E-state index contributed by atoms with van der Waals surface area (Å²) in [5.41, 5.74) is 0.808. The summed E-state index contributed by atoms with van der Waals surface area (Å²) >= 11 is 11.5. The maximum atomic E-state index is 6.14. The zero-order chi connectivity index (χ0) is 16.1. The Hall–Kier alpha value is -1.56. The van der Waals surface area contributed by atoms with Crippen LogP contribution in [0.2, 0.25) is 5.02 Å². The maximum Gasteiger partial charge on any atom is 0.170 e. The molecule has 2 heterocycles. The summed E-state index contributed by atoms with van der Waals surface area (Å²) in [6.45, 7) is 2.89. The predicted molar refractivity (Wildman–Crippen MR) is 97.9 cm³/mol. The van der Waals surface area contributed by atoms with Gasteiger partial charge in [0.2, 0.25) is 0 Å². The van der Waals surface area contributed by atoms with E-state index < -0.39 is 0 Å². The molecule has 6 heteroatoms. The second-order valence-corrected chi connectivity index (χ2v) is 6.40. The standard InChI is InChI=1S/C17H20ClN3OS/c18-13-6-1-2-7-14(13)20-17(23)19-12-15(16-8-5-11-22-16)21-9-3-4-10-21/h1-2,5-8,11,15H,3-4,9-10,12H2,(H2,19,20,23)/t15-/m0/s1. The van der Waals surface area contributed by atoms with Gasteiger partial charge >= 0.3 is 0 Å². The highest BCUT2D eigenvalue weighted by atomic mass is 35.5. The van der Waals surface area contributed by atoms with Gasteiger partial charge < -0.3 is 15.1 Å². The summed E-state index contributed by atoms with van der Waals surface area (Å²) in [7, 11) is 0. The molecule has 0 aliphatic carbocycles. The van der Waals surface area contributed by atoms with Gasteiger partial charge in [-0.05, 0) is 62.4 Å². The molecule has 1 aliphatic heterocycles. The lowest BCUT2D eigenvalue weighted by atomic mass is 10.2. The number of furan rings is 1. The fraction of sp³-hybridized carbons (Fsp3) is 0.353. The first kappa shape index (κ1) is 16.3. The van der Waals surface area contributed by atoms with Crippen molar-refractivity contribution in [1.29, 1.82) is 0 Å². The van der Waals surface area contributed by atoms with Gasteiger partial charge in [-0.2, -0.15) is 0 Å². The first-order valence-corrected chi connectivity index (χ1v) is 8.59. The second kappa shape index (κ2) is 7.81. The molecule has 0 spiro atoms. The van der Waals surface area contributed by atoms with Crippen LogP contribution in [-0.2, 0) is 0 Å². The van der Waals surface area contributed by atoms with E-state index in [2.05, 4.69) is 15.5 Å². The smallest absolute Gasteiger partial charge is 0.170 e. The third-order valence-corrected chi connectivity index (χ3v) is 4.61. The third-order valence-electron chi connectivity index (χ3n) is 4.03. The van der Waals surface area contributed by atoms with Gasteiger partial charge in [-0.3, -0.25) is 4.90 Å². The Morgan fingerprint density at radius 3 is 2.70 bits per heavy atom. The molecule has 122 valence electrons. The Morgan fingerprint density at radius 2 is 2.00 bits per heavy atom. The Balaban J connectivity index is 1.60. The zero-order valence-electron chi connectivity index (χ0n) is 12.8. The van der Waals surface area contributed by atoms with E-state index in [1.807, 2.05) is 36.4 Å². The van der Waals surface area contributed by atoms with Gasteiger partial charge in [-0.15, -0.1) is 0 Å². The van der Waals surface area contributed by atoms with Gasteiger partial charge in [-0.1, -0.05) is 23.7 Å². The van der Waals surface area contributed by atoms with Gasteiger partial charge in [0.25, 0.3) is 0 Å². The summed E-state index contributed by atoms with van der Waals surface area (Å²) in [5, 5.41) is 7.64. The van der Waals surface area contributed by atoms with Crippen LogP contribution in [0.3, 0.4) is 0 Å². The number of benzene rings is 1. The molecule has 3 rings (SSSR count). The van der Waals surface area contributed by atoms with Crippen molar-refractivity contribution in [2.24, 2.45) is 0 Å². The number of likely N-dealkylation sites (tertiary alicyclic amines) is 1. The molecule has 0 amide bonds. The van der Waals surface area contributed by atoms with Crippen LogP contribution in [-0.4, -0.2) is 29.6 Å². The number of nitrogens with zero attached hydrogens (tertiary/aromatic N) is 1. The van der Waals surface area contributed by atoms with E-state index in [4.69, 9.17) is 28.2 Å². The van der Waals surface area contributed by atoms with Gasteiger partial charge in [0.1, 0.15) is 5.76 Å². The largest absolute Gasteiger partial charge is 0.468 e. The SMILES string of the molecule is S=C(NC[C@@H](c1ccco1)N1CCCC1)Nc1ccccc1Cl. The quantitative estimate of drug-likeness (QED) is 0.797. The minimum Gasteiger partial charge on any atom is -0.468 e. The Morgan fingerprint density at radius 1 is 1.22 bits per heavy atom. The van der Waals surface area contributed by atoms with Crippen molar-refractivity contribution in [3.05, 3.63) is 53.4 Å². The number of para-hydroxylation sites is 1. The van der Waals surface area contributed by atoms with Crippen LogP contribution in [0.1, 0.15) is 24.6 Å². The van der Waals surface area contributed by atoms with Crippen molar-refractivity contribution < 1.29 is 4.42 Å². The van der Waals surface area contributed by atoms with E-state index >= 15 is 0 Å². The highest BCUT2D eigenvalue weighted by Gasteiger charge is 2.25. The number of hydrogen-bond acceptors (Lipinski definition) is 3. The topological polar surface area (TPSA) is 40.4 Å². The number of rotatable bonds is 5. The normalized spacial score (nSPS) is 16.2. The fourth-order valence-corrected chi connectivity index (χ4v) is 3.24. The molecule has 1 aromatic carbocycles. The van der Waals surface area contributed by atoms with Crippen molar-refractivity contribution >= 4 is 34.6 Å². The molecule has 0 bridgehead atoms. The molecular formula is C17H20ClN3OS. The van der Waals surface area contributed by atoms with E-state index in [1.165, 1.54) is 12.8 Å². The van der Waals surface area contributed by atoms with E-state index in [9.17, 15) is 0 Å². The molecule has 1 fully saturated rings. The van der Waals surface area contributed by atoms with Crippen LogP contribution < -0.4 is 10.6 Å². The third kappa shape index (κ3) is 4.25. The molecule has 1 atom stereocenters. The molecule has 0 radical (unpaired) electrons. The van der Waals surface area contributed by atoms with Gasteiger partial charge in [0.15, 0.2) is 5.11 Å². The summed E-state index contributed by atoms with van der Waals surface area (Å²) in [6, 6.07) is 11.7. The number of hydrogen-bond donors (Lipinski definition) is 2. The van der Waals surface area contributed by atoms with Crippen LogP contribution in [0.15, 0.2) is 47.1 Å². The Kier molecular flexibility index (Phi) is 5.54. The molecule has 0 unspecified atom stereocenters. The van der Waals surface area contributed by atoms with E-state index in [0.29, 0.717) is 16.7 Å². The fourth-order valence-electron chi connectivity index (χ4n) is 2.86. The molecule has 1 aliphatic rings. The van der Waals surface area contributed by atoms with E-state index in [0.717, 1.165) is 24.5 Å². The van der Waals surface area contributed by atoms with Gasteiger partial charge in [-0.25, -0.2) is 0 Å². The molecule has 2 aromatic rings. The maximum absolute atomic E-state index is 6.14. The summed E-state index contributed by atoms with van der Waals surface area (Å²) in [6.07, 6.45) is 4.19. The van der Waals surface area contributed by atoms with Crippen LogP contribution >= 0.6 is 23.8 Å². The lowest BCUT2D eigenvalue weighted by Crippen LogP contribution is -2.38. The van der Waals surface area contributed by atoms with Crippen molar-refractivity contribution in [2.75, 3.05) is 25.0 Å². The minimum absolute atomic E-state index is 0.193. The van der Waals surface area contributed by atoms with Crippen molar-refractivity contribution in [3.63, 3.8) is 0 Å². The number of thiocarbonyl (C=S) groups is 1. The lowest BCUT2D eigenvalue weighted by molar-refractivity contribution is 0.216. The number of anilines is 1. The highest BCUT2D eigenvalue weighted by Crippen LogP contribution is 2.25. The summed E-state index contributed by atoms with van der Waals surface area (Å²) in [5.74, 6) is 0.972. The summed E-state index contributed by atoms with van der Waals surface area (Å²) < 4.78 is 5.61. The highest BCUT2D eigenvalue weighted by molar-refractivity contribution is 7.80. The Bertz CT molecular complexity index is 641. The van der Waals surface area contributed by atoms with Gasteiger partial charge in [0, 0.05) is 6.54 Å². The van der Waals surface area contributed by atoms with Crippen LogP contribution in [0.4, 0.5) is 5.69 Å². The predicted octanol–water partition coefficient (Wildman–Crippen LogP) is 4.06. The Labute approximate surface area is 146 Å². The van der Waals surface area contributed by atoms with Gasteiger partial charge in [0.05, 0.1) is 23.0 Å². The molecule has 23 heavy (non-hydrogen) atoms. The molecular weight excluding hydrogens is 330 g/mol. The van der Waals surface area contributed by atoms with Crippen LogP contribution in [0.25, 0.3) is 0 Å². The zero-order valence-corrected chi connectivity index (χ0v) is 14.4. The lowest BCUT2D eigenvalue weighted by Gasteiger charge is -2.26. The molecule has 0 saturated carbocycles. The first-order valence-electron chi connectivity index (χ1n) is 7.81. The monoisotopic (exact) mass is 349 g/mol.